The first kappa shape index (κ1) is 21.1. The number of anilines is 2. The molecule has 0 radical (unpaired) electrons. The van der Waals surface area contributed by atoms with Crippen molar-refractivity contribution in [2.75, 3.05) is 11.2 Å². The molecule has 1 aromatic carbocycles. The maximum absolute atomic E-state index is 5.84. The maximum Gasteiger partial charge on any atom is 0.220 e. The fourth-order valence-electron chi connectivity index (χ4n) is 4.05. The first-order chi connectivity index (χ1) is 14.8. The molecule has 4 heterocycles. The number of nitrogens with one attached hydrogen (secondary N) is 3. The number of thiophene rings is 1. The van der Waals surface area contributed by atoms with Gasteiger partial charge in [-0.3, -0.25) is 0 Å². The Labute approximate surface area is 186 Å². The van der Waals surface area contributed by atoms with Crippen LogP contribution in [0.1, 0.15) is 43.7 Å². The van der Waals surface area contributed by atoms with Crippen molar-refractivity contribution < 1.29 is 0 Å². The monoisotopic (exact) mass is 432 g/mol. The summed E-state index contributed by atoms with van der Waals surface area (Å²) in [6.07, 6.45) is 10.5. The summed E-state index contributed by atoms with van der Waals surface area (Å²) in [6, 6.07) is 6.78. The number of hydrazine groups is 1. The van der Waals surface area contributed by atoms with Crippen LogP contribution in [0.2, 0.25) is 0 Å². The minimum Gasteiger partial charge on any atom is -0.368 e. The second-order valence-electron chi connectivity index (χ2n) is 7.16. The molecule has 160 valence electrons. The van der Waals surface area contributed by atoms with Crippen LogP contribution in [0.4, 0.5) is 11.6 Å². The summed E-state index contributed by atoms with van der Waals surface area (Å²) >= 11 is 1.89. The molecule has 0 fully saturated rings. The number of fused-ring (bicyclic) bond motifs is 3. The molecule has 31 heavy (non-hydrogen) atoms. The summed E-state index contributed by atoms with van der Waals surface area (Å²) in [7, 11) is 0. The van der Waals surface area contributed by atoms with Crippen molar-refractivity contribution in [2.24, 2.45) is 0 Å². The van der Waals surface area contributed by atoms with Crippen LogP contribution in [0.15, 0.2) is 36.7 Å². The Morgan fingerprint density at radius 3 is 2.84 bits per heavy atom. The lowest BCUT2D eigenvalue weighted by Crippen LogP contribution is -2.11. The number of aromatic nitrogens is 3. The van der Waals surface area contributed by atoms with Crippen LogP contribution in [0, 0.1) is 0 Å². The molecule has 6 nitrogen and oxygen atoms in total. The Morgan fingerprint density at radius 1 is 1.13 bits per heavy atom. The van der Waals surface area contributed by atoms with E-state index in [0.29, 0.717) is 0 Å². The van der Waals surface area contributed by atoms with E-state index >= 15 is 0 Å². The number of hydrogen-bond acceptors (Lipinski definition) is 6. The van der Waals surface area contributed by atoms with Gasteiger partial charge in [0.1, 0.15) is 5.52 Å². The first-order valence-electron chi connectivity index (χ1n) is 10.3. The predicted octanol–water partition coefficient (Wildman–Crippen LogP) is 5.99. The summed E-state index contributed by atoms with van der Waals surface area (Å²) in [5, 5.41) is 0. The van der Waals surface area contributed by atoms with Crippen molar-refractivity contribution in [2.45, 2.75) is 40.7 Å². The standard InChI is InChI=1S/C21H18N6S.C2H6.CH4/c22-21-24-10-16-20(26-21)15(9-23-16)12-5-13-8-25-27-19(13)14(6-12)18-7-11-3-1-2-4-17(11)28-18;1-2;/h1,3,5-7,9-10,23,25,27H,2,4,8H2,(H2,22,24,26);1-2H3;1H4. The van der Waals surface area contributed by atoms with Gasteiger partial charge >= 0.3 is 0 Å². The van der Waals surface area contributed by atoms with Crippen molar-refractivity contribution >= 4 is 40.1 Å². The van der Waals surface area contributed by atoms with Gasteiger partial charge in [0, 0.05) is 33.6 Å². The molecular weight excluding hydrogens is 404 g/mol. The smallest absolute Gasteiger partial charge is 0.220 e. The van der Waals surface area contributed by atoms with Gasteiger partial charge in [-0.15, -0.1) is 11.3 Å². The molecule has 6 rings (SSSR count). The highest BCUT2D eigenvalue weighted by Crippen LogP contribution is 2.43. The number of rotatable bonds is 2. The number of H-pyrrole nitrogens is 1. The molecule has 0 atom stereocenters. The molecule has 4 aromatic rings. The Balaban J connectivity index is 0.000000750. The molecule has 1 aliphatic heterocycles. The number of aryl methyl sites for hydroxylation is 1. The average Bonchev–Trinajstić information content (AvgIpc) is 3.51. The van der Waals surface area contributed by atoms with E-state index < -0.39 is 0 Å². The van der Waals surface area contributed by atoms with Crippen molar-refractivity contribution in [3.63, 3.8) is 0 Å². The third kappa shape index (κ3) is 3.60. The summed E-state index contributed by atoms with van der Waals surface area (Å²) in [6.45, 7) is 4.79. The van der Waals surface area contributed by atoms with Crippen LogP contribution in [0.3, 0.4) is 0 Å². The number of allylic oxidation sites excluding steroid dienone is 1. The Hall–Kier alpha value is -3.16. The minimum atomic E-state index is 0. The highest BCUT2D eigenvalue weighted by atomic mass is 32.1. The topological polar surface area (TPSA) is 91.6 Å². The van der Waals surface area contributed by atoms with Gasteiger partial charge in [-0.25, -0.2) is 15.4 Å². The van der Waals surface area contributed by atoms with E-state index in [-0.39, 0.29) is 13.4 Å². The molecule has 0 saturated carbocycles. The third-order valence-electron chi connectivity index (χ3n) is 5.40. The van der Waals surface area contributed by atoms with Gasteiger partial charge in [0.2, 0.25) is 5.95 Å². The fourth-order valence-corrected chi connectivity index (χ4v) is 5.24. The highest BCUT2D eigenvalue weighted by Gasteiger charge is 2.21. The van der Waals surface area contributed by atoms with Crippen LogP contribution >= 0.6 is 11.3 Å². The molecule has 0 bridgehead atoms. The lowest BCUT2D eigenvalue weighted by molar-refractivity contribution is 0.860. The SMILES string of the molecule is C.CC.Nc1ncc2[nH]cc(-c3cc4c(c(-c5cc6c(s5)CCC=C6)c3)NNC4)c2n1. The molecule has 1 aliphatic carbocycles. The zero-order valence-corrected chi connectivity index (χ0v) is 17.9. The van der Waals surface area contributed by atoms with E-state index in [1.165, 1.54) is 32.1 Å². The largest absolute Gasteiger partial charge is 0.368 e. The molecule has 5 N–H and O–H groups in total. The van der Waals surface area contributed by atoms with E-state index in [4.69, 9.17) is 5.73 Å². The predicted molar refractivity (Wildman–Crippen MR) is 133 cm³/mol. The van der Waals surface area contributed by atoms with Crippen molar-refractivity contribution in [3.05, 3.63) is 52.7 Å². The molecular formula is C24H28N6S. The fraction of sp³-hybridized carbons (Fsp3) is 0.250. The number of aromatic amines is 1. The van der Waals surface area contributed by atoms with Gasteiger partial charge in [0.05, 0.1) is 17.4 Å². The number of nitrogens with zero attached hydrogens (tertiary/aromatic N) is 2. The Morgan fingerprint density at radius 2 is 2.00 bits per heavy atom. The van der Waals surface area contributed by atoms with E-state index in [2.05, 4.69) is 56.2 Å². The molecule has 0 saturated heterocycles. The summed E-state index contributed by atoms with van der Waals surface area (Å²) < 4.78 is 0. The molecule has 0 unspecified atom stereocenters. The van der Waals surface area contributed by atoms with Gasteiger partial charge < -0.3 is 16.1 Å². The van der Waals surface area contributed by atoms with Crippen molar-refractivity contribution in [3.8, 4) is 21.6 Å². The number of nitrogens with two attached hydrogens (primary N) is 1. The normalized spacial score (nSPS) is 13.6. The van der Waals surface area contributed by atoms with Crippen LogP contribution in [-0.2, 0) is 13.0 Å². The zero-order valence-electron chi connectivity index (χ0n) is 17.0. The third-order valence-corrected chi connectivity index (χ3v) is 6.64. The zero-order chi connectivity index (χ0) is 20.7. The number of nitrogen functional groups attached to an aromatic ring is 1. The van der Waals surface area contributed by atoms with Crippen LogP contribution < -0.4 is 16.6 Å². The number of benzene rings is 1. The van der Waals surface area contributed by atoms with Crippen molar-refractivity contribution in [1.29, 1.82) is 0 Å². The molecule has 7 heteroatoms. The van der Waals surface area contributed by atoms with Crippen LogP contribution in [-0.4, -0.2) is 15.0 Å². The van der Waals surface area contributed by atoms with E-state index in [0.717, 1.165) is 41.5 Å². The van der Waals surface area contributed by atoms with E-state index in [1.807, 2.05) is 31.4 Å². The van der Waals surface area contributed by atoms with Crippen molar-refractivity contribution in [1.82, 2.24) is 20.4 Å². The second-order valence-corrected chi connectivity index (χ2v) is 8.30. The van der Waals surface area contributed by atoms with E-state index in [1.54, 1.807) is 6.20 Å². The average molecular weight is 433 g/mol. The Kier molecular flexibility index (Phi) is 5.80. The molecule has 2 aliphatic rings. The van der Waals surface area contributed by atoms with Gasteiger partial charge in [-0.1, -0.05) is 33.4 Å². The van der Waals surface area contributed by atoms with Gasteiger partial charge in [0.15, 0.2) is 0 Å². The summed E-state index contributed by atoms with van der Waals surface area (Å²) in [4.78, 5) is 14.6. The van der Waals surface area contributed by atoms with Gasteiger partial charge in [0.25, 0.3) is 0 Å². The van der Waals surface area contributed by atoms with Crippen LogP contribution in [0.25, 0.3) is 38.7 Å². The maximum atomic E-state index is 5.84. The molecule has 3 aromatic heterocycles. The van der Waals surface area contributed by atoms with Gasteiger partial charge in [-0.05, 0) is 47.7 Å². The molecule has 0 spiro atoms. The highest BCUT2D eigenvalue weighted by molar-refractivity contribution is 7.15. The summed E-state index contributed by atoms with van der Waals surface area (Å²) in [5.74, 6) is 0.288. The quantitative estimate of drug-likeness (QED) is 0.312. The lowest BCUT2D eigenvalue weighted by Gasteiger charge is -2.10. The lowest BCUT2D eigenvalue weighted by atomic mass is 9.97. The summed E-state index contributed by atoms with van der Waals surface area (Å²) in [5.41, 5.74) is 21.4. The Bertz CT molecular complexity index is 1270. The minimum absolute atomic E-state index is 0. The number of hydrogen-bond donors (Lipinski definition) is 4. The van der Waals surface area contributed by atoms with Gasteiger partial charge in [-0.2, -0.15) is 0 Å². The van der Waals surface area contributed by atoms with E-state index in [9.17, 15) is 0 Å². The van der Waals surface area contributed by atoms with Crippen LogP contribution in [0.5, 0.6) is 0 Å². The molecule has 0 amide bonds. The first-order valence-corrected chi connectivity index (χ1v) is 11.1. The second kappa shape index (κ2) is 8.53.